The van der Waals surface area contributed by atoms with Crippen LogP contribution in [-0.4, -0.2) is 20.3 Å². The summed E-state index contributed by atoms with van der Waals surface area (Å²) in [7, 11) is 2.04. The summed E-state index contributed by atoms with van der Waals surface area (Å²) in [5.74, 6) is 2.46. The third kappa shape index (κ3) is 1.97. The van der Waals surface area contributed by atoms with Crippen LogP contribution in [0, 0.1) is 0 Å². The van der Waals surface area contributed by atoms with Gasteiger partial charge >= 0.3 is 0 Å². The Morgan fingerprint density at radius 2 is 1.72 bits per heavy atom. The minimum absolute atomic E-state index is 0.452. The van der Waals surface area contributed by atoms with E-state index in [1.807, 2.05) is 7.05 Å². The van der Waals surface area contributed by atoms with Gasteiger partial charge in [0.25, 0.3) is 0 Å². The summed E-state index contributed by atoms with van der Waals surface area (Å²) in [6.07, 6.45) is 3.40. The van der Waals surface area contributed by atoms with E-state index in [2.05, 4.69) is 24.4 Å². The molecular weight excluding hydrogens is 226 g/mol. The molecule has 1 aliphatic carbocycles. The number of rotatable bonds is 1. The first-order chi connectivity index (χ1) is 8.79. The zero-order chi connectivity index (χ0) is 12.5. The molecule has 3 nitrogen and oxygen atoms in total. The highest BCUT2D eigenvalue weighted by Crippen LogP contribution is 2.43. The van der Waals surface area contributed by atoms with Crippen LogP contribution in [-0.2, 0) is 0 Å². The second kappa shape index (κ2) is 4.81. The summed E-state index contributed by atoms with van der Waals surface area (Å²) in [4.78, 5) is 0. The number of hydrogen-bond acceptors (Lipinski definition) is 3. The van der Waals surface area contributed by atoms with Crippen molar-refractivity contribution in [2.75, 3.05) is 20.3 Å². The maximum atomic E-state index is 5.79. The van der Waals surface area contributed by atoms with Gasteiger partial charge in [0.15, 0.2) is 11.5 Å². The minimum Gasteiger partial charge on any atom is -0.490 e. The smallest absolute Gasteiger partial charge is 0.161 e. The van der Waals surface area contributed by atoms with Crippen molar-refractivity contribution < 1.29 is 9.47 Å². The van der Waals surface area contributed by atoms with Crippen LogP contribution in [0.1, 0.15) is 49.3 Å². The Hall–Kier alpha value is -1.22. The highest BCUT2D eigenvalue weighted by atomic mass is 16.5. The van der Waals surface area contributed by atoms with Gasteiger partial charge in [0, 0.05) is 12.5 Å². The average molecular weight is 247 g/mol. The second-order valence-corrected chi connectivity index (χ2v) is 5.30. The monoisotopic (exact) mass is 247 g/mol. The zero-order valence-corrected chi connectivity index (χ0v) is 11.2. The molecule has 3 heteroatoms. The molecule has 1 aliphatic heterocycles. The van der Waals surface area contributed by atoms with Crippen LogP contribution in [0.25, 0.3) is 0 Å². The van der Waals surface area contributed by atoms with Crippen molar-refractivity contribution in [1.29, 1.82) is 0 Å². The van der Waals surface area contributed by atoms with Crippen molar-refractivity contribution in [3.63, 3.8) is 0 Å². The normalized spacial score (nSPS) is 26.3. The Bertz CT molecular complexity index is 444. The van der Waals surface area contributed by atoms with Gasteiger partial charge in [-0.25, -0.2) is 0 Å². The summed E-state index contributed by atoms with van der Waals surface area (Å²) in [5, 5.41) is 3.41. The molecule has 18 heavy (non-hydrogen) atoms. The lowest BCUT2D eigenvalue weighted by molar-refractivity contribution is 0.297. The van der Waals surface area contributed by atoms with Gasteiger partial charge in [-0.05, 0) is 49.1 Å². The van der Waals surface area contributed by atoms with E-state index in [4.69, 9.17) is 9.47 Å². The largest absolute Gasteiger partial charge is 0.490 e. The maximum absolute atomic E-state index is 5.79. The summed E-state index contributed by atoms with van der Waals surface area (Å²) in [6.45, 7) is 3.82. The molecule has 98 valence electrons. The first-order valence-corrected chi connectivity index (χ1v) is 6.90. The fourth-order valence-electron chi connectivity index (χ4n) is 3.00. The molecule has 0 radical (unpaired) electrons. The van der Waals surface area contributed by atoms with E-state index in [0.29, 0.717) is 12.0 Å². The summed E-state index contributed by atoms with van der Waals surface area (Å²) in [5.41, 5.74) is 2.81. The molecule has 1 heterocycles. The van der Waals surface area contributed by atoms with Gasteiger partial charge in [0.2, 0.25) is 0 Å². The average Bonchev–Trinajstić information content (AvgIpc) is 2.62. The fourth-order valence-corrected chi connectivity index (χ4v) is 3.00. The lowest BCUT2D eigenvalue weighted by atomic mass is 9.81. The third-order valence-corrected chi connectivity index (χ3v) is 4.10. The van der Waals surface area contributed by atoms with Gasteiger partial charge in [0.1, 0.15) is 0 Å². The molecule has 0 fully saturated rings. The van der Waals surface area contributed by atoms with E-state index < -0.39 is 0 Å². The van der Waals surface area contributed by atoms with E-state index in [1.165, 1.54) is 24.0 Å². The summed E-state index contributed by atoms with van der Waals surface area (Å²) >= 11 is 0. The third-order valence-electron chi connectivity index (χ3n) is 4.10. The van der Waals surface area contributed by atoms with Crippen molar-refractivity contribution in [1.82, 2.24) is 5.32 Å². The lowest BCUT2D eigenvalue weighted by Gasteiger charge is -2.30. The van der Waals surface area contributed by atoms with Gasteiger partial charge in [-0.3, -0.25) is 0 Å². The lowest BCUT2D eigenvalue weighted by Crippen LogP contribution is -2.23. The van der Waals surface area contributed by atoms with Crippen LogP contribution in [0.5, 0.6) is 11.5 Å². The predicted molar refractivity (Wildman–Crippen MR) is 71.5 cm³/mol. The molecule has 3 rings (SSSR count). The highest BCUT2D eigenvalue weighted by molar-refractivity contribution is 5.50. The molecule has 2 aliphatic rings. The van der Waals surface area contributed by atoms with Crippen molar-refractivity contribution in [3.8, 4) is 11.5 Å². The van der Waals surface area contributed by atoms with E-state index in [1.54, 1.807) is 0 Å². The number of benzene rings is 1. The Labute approximate surface area is 108 Å². The Balaban J connectivity index is 2.06. The topological polar surface area (TPSA) is 30.5 Å². The number of hydrogen-bond donors (Lipinski definition) is 1. The predicted octanol–water partition coefficient (Wildman–Crippen LogP) is 3.01. The van der Waals surface area contributed by atoms with Gasteiger partial charge in [0.05, 0.1) is 13.2 Å². The molecule has 0 amide bonds. The molecule has 2 atom stereocenters. The van der Waals surface area contributed by atoms with Crippen molar-refractivity contribution in [2.24, 2.45) is 0 Å². The number of nitrogens with one attached hydrogen (secondary N) is 1. The molecule has 0 spiro atoms. The number of ether oxygens (including phenoxy) is 2. The minimum atomic E-state index is 0.452. The zero-order valence-electron chi connectivity index (χ0n) is 11.2. The second-order valence-electron chi connectivity index (χ2n) is 5.30. The maximum Gasteiger partial charge on any atom is 0.161 e. The Kier molecular flexibility index (Phi) is 3.16. The molecule has 1 aromatic carbocycles. The van der Waals surface area contributed by atoms with Gasteiger partial charge in [-0.15, -0.1) is 0 Å². The van der Waals surface area contributed by atoms with Gasteiger partial charge < -0.3 is 14.8 Å². The summed E-state index contributed by atoms with van der Waals surface area (Å²) in [6, 6.07) is 4.84. The number of fused-ring (bicyclic) bond motifs is 2. The fraction of sp³-hybridized carbons (Fsp3) is 0.600. The first-order valence-electron chi connectivity index (χ1n) is 6.90. The summed E-state index contributed by atoms with van der Waals surface area (Å²) < 4.78 is 11.6. The van der Waals surface area contributed by atoms with Gasteiger partial charge in [-0.2, -0.15) is 0 Å². The van der Waals surface area contributed by atoms with E-state index in [0.717, 1.165) is 31.1 Å². The molecule has 0 saturated heterocycles. The first kappa shape index (κ1) is 11.8. The van der Waals surface area contributed by atoms with Gasteiger partial charge in [-0.1, -0.05) is 6.92 Å². The molecule has 2 unspecified atom stereocenters. The van der Waals surface area contributed by atoms with E-state index in [9.17, 15) is 0 Å². The molecule has 0 aromatic heterocycles. The quantitative estimate of drug-likeness (QED) is 0.827. The molecular formula is C15H21NO2. The van der Waals surface area contributed by atoms with Crippen molar-refractivity contribution in [2.45, 2.75) is 38.1 Å². The highest BCUT2D eigenvalue weighted by Gasteiger charge is 2.26. The molecule has 1 N–H and O–H groups in total. The van der Waals surface area contributed by atoms with Crippen LogP contribution in [0.2, 0.25) is 0 Å². The van der Waals surface area contributed by atoms with Crippen LogP contribution in [0.15, 0.2) is 12.1 Å². The van der Waals surface area contributed by atoms with Crippen LogP contribution in [0.3, 0.4) is 0 Å². The van der Waals surface area contributed by atoms with Crippen LogP contribution in [0.4, 0.5) is 0 Å². The SMILES string of the molecule is CNC1CCC(C)c2cc3c(cc21)OCCCO3. The standard InChI is InChI=1S/C15H21NO2/c1-10-4-5-13(16-2)12-9-15-14(8-11(10)12)17-6-3-7-18-15/h8-10,13,16H,3-7H2,1-2H3. The van der Waals surface area contributed by atoms with Crippen molar-refractivity contribution in [3.05, 3.63) is 23.3 Å². The molecule has 0 bridgehead atoms. The van der Waals surface area contributed by atoms with E-state index >= 15 is 0 Å². The Morgan fingerprint density at radius 3 is 2.39 bits per heavy atom. The Morgan fingerprint density at radius 1 is 1.06 bits per heavy atom. The van der Waals surface area contributed by atoms with Crippen molar-refractivity contribution >= 4 is 0 Å². The van der Waals surface area contributed by atoms with Crippen LogP contribution >= 0.6 is 0 Å². The van der Waals surface area contributed by atoms with Crippen LogP contribution < -0.4 is 14.8 Å². The molecule has 0 saturated carbocycles. The van der Waals surface area contributed by atoms with E-state index in [-0.39, 0.29) is 0 Å². The molecule has 1 aromatic rings.